The van der Waals surface area contributed by atoms with E-state index >= 15 is 0 Å². The lowest BCUT2D eigenvalue weighted by Gasteiger charge is -2.27. The van der Waals surface area contributed by atoms with Gasteiger partial charge in [-0.05, 0) is 12.1 Å². The number of nitrogens with zero attached hydrogens (tertiary/aromatic N) is 5. The lowest BCUT2D eigenvalue weighted by Crippen LogP contribution is -2.31. The zero-order valence-corrected chi connectivity index (χ0v) is 14.7. The van der Waals surface area contributed by atoms with Crippen molar-refractivity contribution >= 4 is 0 Å². The largest absolute Gasteiger partial charge is 0.416 e. The molecule has 0 radical (unpaired) electrons. The predicted octanol–water partition coefficient (Wildman–Crippen LogP) is 3.45. The molecule has 0 spiro atoms. The van der Waals surface area contributed by atoms with Gasteiger partial charge in [0.2, 0.25) is 0 Å². The van der Waals surface area contributed by atoms with Crippen LogP contribution in [0, 0.1) is 0 Å². The molecule has 3 aromatic rings. The quantitative estimate of drug-likeness (QED) is 0.706. The van der Waals surface area contributed by atoms with E-state index in [0.717, 1.165) is 55.1 Å². The highest BCUT2D eigenvalue weighted by atomic mass is 19.4. The maximum absolute atomic E-state index is 12.7. The lowest BCUT2D eigenvalue weighted by molar-refractivity contribution is -0.137. The van der Waals surface area contributed by atoms with Crippen molar-refractivity contribution in [3.05, 3.63) is 65.5 Å². The second-order valence-corrected chi connectivity index (χ2v) is 6.73. The summed E-state index contributed by atoms with van der Waals surface area (Å²) in [5.41, 5.74) is 2.93. The summed E-state index contributed by atoms with van der Waals surface area (Å²) in [5, 5.41) is 0. The van der Waals surface area contributed by atoms with Crippen LogP contribution in [0.15, 0.2) is 43.0 Å². The highest BCUT2D eigenvalue weighted by Gasteiger charge is 2.30. The average Bonchev–Trinajstić information content (AvgIpc) is 3.05. The average molecular weight is 373 g/mol. The summed E-state index contributed by atoms with van der Waals surface area (Å²) in [5.74, 6) is 0.459. The molecule has 2 aromatic heterocycles. The Bertz CT molecular complexity index is 947. The van der Waals surface area contributed by atoms with E-state index < -0.39 is 11.7 Å². The van der Waals surface area contributed by atoms with E-state index in [2.05, 4.69) is 19.9 Å². The van der Waals surface area contributed by atoms with Crippen molar-refractivity contribution in [3.63, 3.8) is 0 Å². The molecule has 4 rings (SSSR count). The van der Waals surface area contributed by atoms with E-state index in [1.54, 1.807) is 12.5 Å². The first-order chi connectivity index (χ1) is 12.9. The molecular formula is C19H18F3N5. The first-order valence-electron chi connectivity index (χ1n) is 8.60. The molecule has 1 aliphatic rings. The van der Waals surface area contributed by atoms with Crippen LogP contribution in [-0.4, -0.2) is 31.0 Å². The molecule has 3 heterocycles. The molecule has 0 bridgehead atoms. The van der Waals surface area contributed by atoms with E-state index in [1.165, 1.54) is 12.1 Å². The zero-order valence-electron chi connectivity index (χ0n) is 14.7. The second-order valence-electron chi connectivity index (χ2n) is 6.73. The summed E-state index contributed by atoms with van der Waals surface area (Å²) in [4.78, 5) is 15.6. The number of benzene rings is 1. The Morgan fingerprint density at radius 3 is 2.56 bits per heavy atom. The van der Waals surface area contributed by atoms with Gasteiger partial charge in [-0.25, -0.2) is 15.0 Å². The standard InChI is InChI=1S/C19H18F3N5/c1-26-10-16(24-12-26)11-27-7-6-17-14(9-27)8-23-18(25-17)13-2-4-15(5-3-13)19(20,21)22/h2-5,8,10,12H,6-7,9,11H2,1H3. The number of hydrogen-bond acceptors (Lipinski definition) is 4. The molecule has 0 aliphatic carbocycles. The number of imidazole rings is 1. The summed E-state index contributed by atoms with van der Waals surface area (Å²) in [6, 6.07) is 4.96. The van der Waals surface area contributed by atoms with E-state index in [-0.39, 0.29) is 0 Å². The number of halogens is 3. The highest BCUT2D eigenvalue weighted by Crippen LogP contribution is 2.30. The van der Waals surface area contributed by atoms with Gasteiger partial charge in [0, 0.05) is 56.6 Å². The van der Waals surface area contributed by atoms with Crippen molar-refractivity contribution in [2.75, 3.05) is 6.54 Å². The first kappa shape index (κ1) is 17.7. The minimum absolute atomic E-state index is 0.459. The number of aromatic nitrogens is 4. The van der Waals surface area contributed by atoms with Gasteiger partial charge in [-0.1, -0.05) is 12.1 Å². The van der Waals surface area contributed by atoms with E-state index in [4.69, 9.17) is 0 Å². The van der Waals surface area contributed by atoms with E-state index in [0.29, 0.717) is 11.4 Å². The molecule has 27 heavy (non-hydrogen) atoms. The molecule has 0 saturated carbocycles. The van der Waals surface area contributed by atoms with Gasteiger partial charge in [-0.2, -0.15) is 13.2 Å². The lowest BCUT2D eigenvalue weighted by atomic mass is 10.1. The van der Waals surface area contributed by atoms with Crippen LogP contribution in [0.25, 0.3) is 11.4 Å². The van der Waals surface area contributed by atoms with Crippen molar-refractivity contribution in [2.24, 2.45) is 7.05 Å². The van der Waals surface area contributed by atoms with Gasteiger partial charge in [-0.3, -0.25) is 4.90 Å². The van der Waals surface area contributed by atoms with Crippen LogP contribution in [0.2, 0.25) is 0 Å². The number of hydrogen-bond donors (Lipinski definition) is 0. The molecule has 1 aliphatic heterocycles. The van der Waals surface area contributed by atoms with Crippen molar-refractivity contribution in [3.8, 4) is 11.4 Å². The Kier molecular flexibility index (Phi) is 4.43. The van der Waals surface area contributed by atoms with Crippen molar-refractivity contribution in [1.29, 1.82) is 0 Å². The molecule has 140 valence electrons. The Morgan fingerprint density at radius 2 is 1.89 bits per heavy atom. The van der Waals surface area contributed by atoms with Crippen LogP contribution >= 0.6 is 0 Å². The van der Waals surface area contributed by atoms with Crippen LogP contribution < -0.4 is 0 Å². The third-order valence-electron chi connectivity index (χ3n) is 4.63. The SMILES string of the molecule is Cn1cnc(CN2CCc3nc(-c4ccc(C(F)(F)F)cc4)ncc3C2)c1. The molecule has 1 aromatic carbocycles. The fourth-order valence-electron chi connectivity index (χ4n) is 3.23. The predicted molar refractivity (Wildman–Crippen MR) is 93.5 cm³/mol. The molecular weight excluding hydrogens is 355 g/mol. The van der Waals surface area contributed by atoms with Gasteiger partial charge >= 0.3 is 6.18 Å². The van der Waals surface area contributed by atoms with Gasteiger partial charge in [0.1, 0.15) is 0 Å². The summed E-state index contributed by atoms with van der Waals surface area (Å²) >= 11 is 0. The minimum Gasteiger partial charge on any atom is -0.340 e. The molecule has 0 N–H and O–H groups in total. The third-order valence-corrected chi connectivity index (χ3v) is 4.63. The number of aryl methyl sites for hydroxylation is 1. The summed E-state index contributed by atoms with van der Waals surface area (Å²) in [6.07, 6.45) is 2.00. The third kappa shape index (κ3) is 3.85. The normalized spacial score (nSPS) is 15.0. The van der Waals surface area contributed by atoms with E-state index in [1.807, 2.05) is 17.8 Å². The van der Waals surface area contributed by atoms with Gasteiger partial charge < -0.3 is 4.57 Å². The van der Waals surface area contributed by atoms with Crippen molar-refractivity contribution < 1.29 is 13.2 Å². The monoisotopic (exact) mass is 373 g/mol. The summed E-state index contributed by atoms with van der Waals surface area (Å²) in [7, 11) is 1.94. The molecule has 8 heteroatoms. The number of rotatable bonds is 3. The molecule has 0 amide bonds. The minimum atomic E-state index is -4.34. The van der Waals surface area contributed by atoms with Gasteiger partial charge in [0.05, 0.1) is 23.3 Å². The molecule has 0 unspecified atom stereocenters. The number of fused-ring (bicyclic) bond motifs is 1. The summed E-state index contributed by atoms with van der Waals surface area (Å²) < 4.78 is 40.0. The maximum Gasteiger partial charge on any atom is 0.416 e. The molecule has 0 saturated heterocycles. The maximum atomic E-state index is 12.7. The van der Waals surface area contributed by atoms with Crippen molar-refractivity contribution in [2.45, 2.75) is 25.7 Å². The Hall–Kier alpha value is -2.74. The smallest absolute Gasteiger partial charge is 0.340 e. The number of alkyl halides is 3. The second kappa shape index (κ2) is 6.77. The first-order valence-corrected chi connectivity index (χ1v) is 8.60. The van der Waals surface area contributed by atoms with Crippen LogP contribution in [0.5, 0.6) is 0 Å². The van der Waals surface area contributed by atoms with Crippen LogP contribution in [-0.2, 0) is 32.7 Å². The highest BCUT2D eigenvalue weighted by molar-refractivity contribution is 5.56. The van der Waals surface area contributed by atoms with E-state index in [9.17, 15) is 13.2 Å². The molecule has 0 fully saturated rings. The molecule has 0 atom stereocenters. The zero-order chi connectivity index (χ0) is 19.0. The van der Waals surface area contributed by atoms with Crippen LogP contribution in [0.3, 0.4) is 0 Å². The van der Waals surface area contributed by atoms with Crippen LogP contribution in [0.1, 0.15) is 22.5 Å². The molecule has 5 nitrogen and oxygen atoms in total. The Morgan fingerprint density at radius 1 is 1.11 bits per heavy atom. The van der Waals surface area contributed by atoms with Crippen LogP contribution in [0.4, 0.5) is 13.2 Å². The van der Waals surface area contributed by atoms with Gasteiger partial charge in [0.15, 0.2) is 5.82 Å². The van der Waals surface area contributed by atoms with Gasteiger partial charge in [-0.15, -0.1) is 0 Å². The Labute approximate surface area is 154 Å². The van der Waals surface area contributed by atoms with Crippen molar-refractivity contribution in [1.82, 2.24) is 24.4 Å². The van der Waals surface area contributed by atoms with Gasteiger partial charge in [0.25, 0.3) is 0 Å². The summed E-state index contributed by atoms with van der Waals surface area (Å²) in [6.45, 7) is 2.35. The fourth-order valence-corrected chi connectivity index (χ4v) is 3.23. The topological polar surface area (TPSA) is 46.8 Å². The Balaban J connectivity index is 1.50. The fraction of sp³-hybridized carbons (Fsp3) is 0.316.